The van der Waals surface area contributed by atoms with E-state index in [1.54, 1.807) is 19.9 Å². The number of amides is 1. The van der Waals surface area contributed by atoms with Gasteiger partial charge in [0.15, 0.2) is 6.29 Å². The van der Waals surface area contributed by atoms with Gasteiger partial charge < -0.3 is 14.8 Å². The van der Waals surface area contributed by atoms with Crippen molar-refractivity contribution in [2.75, 3.05) is 18.5 Å². The Hall–Kier alpha value is -2.26. The summed E-state index contributed by atoms with van der Waals surface area (Å²) in [5.41, 5.74) is 0.540. The molecule has 0 saturated carbocycles. The molecule has 0 radical (unpaired) electrons. The lowest BCUT2D eigenvalue weighted by atomic mass is 10.2. The molecule has 0 spiro atoms. The maximum absolute atomic E-state index is 11.4. The molecule has 0 aliphatic heterocycles. The predicted molar refractivity (Wildman–Crippen MR) is 92.3 cm³/mol. The summed E-state index contributed by atoms with van der Waals surface area (Å²) in [5, 5.41) is 1.24. The van der Waals surface area contributed by atoms with Gasteiger partial charge >= 0.3 is 23.1 Å². The van der Waals surface area contributed by atoms with Gasteiger partial charge in [-0.05, 0) is 43.6 Å². The summed E-state index contributed by atoms with van der Waals surface area (Å²) in [6.07, 6.45) is 0.590. The number of rotatable bonds is 5. The highest BCUT2D eigenvalue weighted by Gasteiger charge is 2.16. The van der Waals surface area contributed by atoms with Crippen LogP contribution in [0.5, 0.6) is 0 Å². The normalized spacial score (nSPS) is 9.12. The number of benzene rings is 1. The van der Waals surface area contributed by atoms with E-state index in [-0.39, 0.29) is 24.5 Å². The molecule has 136 valence electrons. The van der Waals surface area contributed by atoms with Gasteiger partial charge in [-0.25, -0.2) is 9.59 Å². The molecule has 1 N–H and O–H groups in total. The van der Waals surface area contributed by atoms with Gasteiger partial charge in [-0.1, -0.05) is 15.9 Å². The number of aldehydes is 1. The summed E-state index contributed by atoms with van der Waals surface area (Å²) < 4.78 is 9.39. The molecular weight excluding hydrogens is 422 g/mol. The van der Waals surface area contributed by atoms with Crippen molar-refractivity contribution in [3.8, 4) is 0 Å². The summed E-state index contributed by atoms with van der Waals surface area (Å²) in [5.74, 6) is -2.88. The van der Waals surface area contributed by atoms with Crippen molar-refractivity contribution in [2.45, 2.75) is 13.8 Å². The summed E-state index contributed by atoms with van der Waals surface area (Å²) in [6.45, 7) is 3.49. The van der Waals surface area contributed by atoms with Gasteiger partial charge in [-0.2, -0.15) is 0 Å². The molecule has 1 rings (SSSR count). The maximum atomic E-state index is 11.4. The summed E-state index contributed by atoms with van der Waals surface area (Å²) in [4.78, 5) is 53.1. The molecule has 0 aliphatic carbocycles. The van der Waals surface area contributed by atoms with Crippen LogP contribution in [0.25, 0.3) is 0 Å². The Balaban J connectivity index is 0.000000609. The third-order valence-corrected chi connectivity index (χ3v) is 2.93. The molecule has 10 heteroatoms. The van der Waals surface area contributed by atoms with Crippen molar-refractivity contribution in [2.24, 2.45) is 0 Å². The topological polar surface area (TPSA) is 116 Å². The van der Waals surface area contributed by atoms with E-state index in [1.807, 2.05) is 0 Å². The van der Waals surface area contributed by atoms with E-state index in [0.29, 0.717) is 10.8 Å². The van der Waals surface area contributed by atoms with Crippen LogP contribution in [-0.4, -0.2) is 42.6 Å². The second-order valence-electron chi connectivity index (χ2n) is 4.02. The van der Waals surface area contributed by atoms with Crippen molar-refractivity contribution in [1.29, 1.82) is 0 Å². The van der Waals surface area contributed by atoms with Crippen molar-refractivity contribution in [3.63, 3.8) is 0 Å². The fourth-order valence-corrected chi connectivity index (χ4v) is 1.71. The summed E-state index contributed by atoms with van der Waals surface area (Å²) >= 11 is 7.89. The number of ether oxygens (including phenoxy) is 2. The van der Waals surface area contributed by atoms with E-state index >= 15 is 0 Å². The fraction of sp³-hybridized carbons (Fsp3) is 0.267. The van der Waals surface area contributed by atoms with E-state index in [1.165, 1.54) is 12.1 Å². The number of hydrogen-bond acceptors (Lipinski definition) is 7. The van der Waals surface area contributed by atoms with E-state index in [0.717, 1.165) is 0 Å². The zero-order valence-corrected chi connectivity index (χ0v) is 15.7. The lowest BCUT2D eigenvalue weighted by molar-refractivity contribution is -0.152. The maximum Gasteiger partial charge on any atom is 0.397 e. The zero-order chi connectivity index (χ0) is 19.4. The fourth-order valence-electron chi connectivity index (χ4n) is 1.30. The average Bonchev–Trinajstić information content (AvgIpc) is 2.56. The molecule has 25 heavy (non-hydrogen) atoms. The summed E-state index contributed by atoms with van der Waals surface area (Å²) in [7, 11) is 0. The van der Waals surface area contributed by atoms with Crippen molar-refractivity contribution < 1.29 is 33.4 Å². The highest BCUT2D eigenvalue weighted by molar-refractivity contribution is 9.10. The minimum atomic E-state index is -1.08. The van der Waals surface area contributed by atoms with Gasteiger partial charge in [0.2, 0.25) is 0 Å². The number of nitrogens with one attached hydrogen (secondary N) is 1. The molecule has 0 saturated heterocycles. The number of halogens is 2. The molecule has 0 fully saturated rings. The van der Waals surface area contributed by atoms with Crippen LogP contribution < -0.4 is 5.32 Å². The molecule has 0 heterocycles. The molecule has 0 aromatic heterocycles. The first-order chi connectivity index (χ1) is 11.8. The molecule has 8 nitrogen and oxygen atoms in total. The van der Waals surface area contributed by atoms with Crippen LogP contribution in [0.1, 0.15) is 24.2 Å². The van der Waals surface area contributed by atoms with E-state index in [2.05, 4.69) is 30.7 Å². The van der Waals surface area contributed by atoms with Crippen molar-refractivity contribution in [3.05, 3.63) is 28.2 Å². The minimum Gasteiger partial charge on any atom is -0.459 e. The Morgan fingerprint density at radius 1 is 1.12 bits per heavy atom. The second-order valence-corrected chi connectivity index (χ2v) is 5.28. The SMILES string of the molecule is CCOC(=O)C(=O)Cl.CCOC(=O)C(=O)Nc1cc(Br)ccc1C=O. The molecule has 0 bridgehead atoms. The first-order valence-corrected chi connectivity index (χ1v) is 8.03. The molecular formula is C15H15BrClNO7. The number of hydrogen-bond donors (Lipinski definition) is 1. The van der Waals surface area contributed by atoms with Gasteiger partial charge in [0.25, 0.3) is 0 Å². The van der Waals surface area contributed by atoms with E-state index in [4.69, 9.17) is 11.6 Å². The highest BCUT2D eigenvalue weighted by Crippen LogP contribution is 2.20. The smallest absolute Gasteiger partial charge is 0.397 e. The number of esters is 2. The monoisotopic (exact) mass is 435 g/mol. The lowest BCUT2D eigenvalue weighted by Gasteiger charge is -2.07. The molecule has 1 aromatic carbocycles. The third-order valence-electron chi connectivity index (χ3n) is 2.29. The van der Waals surface area contributed by atoms with Crippen LogP contribution in [0.3, 0.4) is 0 Å². The third kappa shape index (κ3) is 8.96. The molecule has 0 unspecified atom stereocenters. The van der Waals surface area contributed by atoms with Crippen LogP contribution in [-0.2, 0) is 28.7 Å². The molecule has 0 aliphatic rings. The molecule has 0 atom stereocenters. The van der Waals surface area contributed by atoms with E-state index in [9.17, 15) is 24.0 Å². The van der Waals surface area contributed by atoms with Crippen LogP contribution in [0, 0.1) is 0 Å². The number of anilines is 1. The first-order valence-electron chi connectivity index (χ1n) is 6.86. The van der Waals surface area contributed by atoms with Crippen molar-refractivity contribution in [1.82, 2.24) is 0 Å². The van der Waals surface area contributed by atoms with Crippen LogP contribution in [0.2, 0.25) is 0 Å². The average molecular weight is 437 g/mol. The highest BCUT2D eigenvalue weighted by atomic mass is 79.9. The lowest BCUT2D eigenvalue weighted by Crippen LogP contribution is -2.25. The first kappa shape index (κ1) is 22.7. The molecule has 1 aromatic rings. The van der Waals surface area contributed by atoms with Gasteiger partial charge in [-0.15, -0.1) is 0 Å². The van der Waals surface area contributed by atoms with E-state index < -0.39 is 23.1 Å². The summed E-state index contributed by atoms with van der Waals surface area (Å²) in [6, 6.07) is 4.71. The van der Waals surface area contributed by atoms with Crippen LogP contribution in [0.4, 0.5) is 5.69 Å². The van der Waals surface area contributed by atoms with Gasteiger partial charge in [0.05, 0.1) is 18.9 Å². The Kier molecular flexibility index (Phi) is 11.1. The number of carbonyl (C=O) groups is 5. The molecule has 1 amide bonds. The van der Waals surface area contributed by atoms with Crippen molar-refractivity contribution >= 4 is 62.6 Å². The van der Waals surface area contributed by atoms with Gasteiger partial charge in [-0.3, -0.25) is 14.4 Å². The Morgan fingerprint density at radius 3 is 2.12 bits per heavy atom. The standard InChI is InChI=1S/C11H10BrNO4.C4H5ClO3/c1-2-17-11(16)10(15)13-9-5-8(12)4-3-7(9)6-14;1-2-8-4(7)3(5)6/h3-6H,2H2,1H3,(H,13,15);2H2,1H3. The predicted octanol–water partition coefficient (Wildman–Crippen LogP) is 2.08. The quantitative estimate of drug-likeness (QED) is 0.325. The van der Waals surface area contributed by atoms with Crippen LogP contribution in [0.15, 0.2) is 22.7 Å². The minimum absolute atomic E-state index is 0.116. The second kappa shape index (κ2) is 12.2. The Labute approximate surface area is 156 Å². The Bertz CT molecular complexity index is 663. The van der Waals surface area contributed by atoms with Gasteiger partial charge in [0, 0.05) is 10.0 Å². The largest absolute Gasteiger partial charge is 0.459 e. The van der Waals surface area contributed by atoms with Crippen LogP contribution >= 0.6 is 27.5 Å². The zero-order valence-electron chi connectivity index (χ0n) is 13.3. The number of carbonyl (C=O) groups excluding carboxylic acids is 5. The Morgan fingerprint density at radius 2 is 1.68 bits per heavy atom. The van der Waals surface area contributed by atoms with Gasteiger partial charge in [0.1, 0.15) is 0 Å².